The fourth-order valence-corrected chi connectivity index (χ4v) is 3.02. The maximum atomic E-state index is 12.0. The van der Waals surface area contributed by atoms with Gasteiger partial charge in [0, 0.05) is 12.3 Å². The Morgan fingerprint density at radius 3 is 2.83 bits per heavy atom. The largest absolute Gasteiger partial charge is 0.390 e. The second kappa shape index (κ2) is 6.44. The third-order valence-corrected chi connectivity index (χ3v) is 4.25. The van der Waals surface area contributed by atoms with Gasteiger partial charge in [-0.3, -0.25) is 4.79 Å². The lowest BCUT2D eigenvalue weighted by Gasteiger charge is -2.21. The van der Waals surface area contributed by atoms with E-state index >= 15 is 0 Å². The van der Waals surface area contributed by atoms with E-state index < -0.39 is 30.6 Å². The number of nitrogens with two attached hydrogens (primary N) is 1. The van der Waals surface area contributed by atoms with Crippen molar-refractivity contribution in [2.75, 3.05) is 5.73 Å². The molecule has 2 aromatic rings. The van der Waals surface area contributed by atoms with Gasteiger partial charge in [-0.1, -0.05) is 13.3 Å². The van der Waals surface area contributed by atoms with Gasteiger partial charge in [0.05, 0.1) is 6.10 Å². The van der Waals surface area contributed by atoms with Gasteiger partial charge in [0.1, 0.15) is 35.8 Å². The Morgan fingerprint density at radius 2 is 2.12 bits per heavy atom. The molecule has 0 amide bonds. The van der Waals surface area contributed by atoms with Crippen molar-refractivity contribution in [2.24, 2.45) is 0 Å². The topological polar surface area (TPSA) is 144 Å². The fraction of sp³-hybridized carbons (Fsp3) is 0.533. The predicted octanol–water partition coefficient (Wildman–Crippen LogP) is -0.846. The Morgan fingerprint density at radius 1 is 1.38 bits per heavy atom. The van der Waals surface area contributed by atoms with Crippen molar-refractivity contribution in [3.05, 3.63) is 28.8 Å². The normalized spacial score (nSPS) is 28.3. The molecule has 0 aliphatic carbocycles. The Kier molecular flexibility index (Phi) is 4.50. The van der Waals surface area contributed by atoms with Crippen LogP contribution in [0.25, 0.3) is 11.0 Å². The summed E-state index contributed by atoms with van der Waals surface area (Å²) in [4.78, 5) is 19.9. The number of ether oxygens (including phenoxy) is 1. The highest BCUT2D eigenvalue weighted by atomic mass is 16.6. The predicted molar refractivity (Wildman–Crippen MR) is 85.0 cm³/mol. The molecule has 2 aromatic heterocycles. The maximum Gasteiger partial charge on any atom is 0.194 e. The molecule has 9 heteroatoms. The van der Waals surface area contributed by atoms with Gasteiger partial charge in [-0.25, -0.2) is 9.97 Å². The van der Waals surface area contributed by atoms with Crippen molar-refractivity contribution < 1.29 is 20.1 Å². The molecule has 5 N–H and O–H groups in total. The van der Waals surface area contributed by atoms with Crippen molar-refractivity contribution in [1.82, 2.24) is 14.5 Å². The van der Waals surface area contributed by atoms with E-state index in [9.17, 15) is 20.1 Å². The molecule has 1 saturated heterocycles. The molecule has 9 nitrogen and oxygen atoms in total. The minimum Gasteiger partial charge on any atom is -0.390 e. The third-order valence-electron chi connectivity index (χ3n) is 4.25. The molecular formula is C15H20N4O5. The van der Waals surface area contributed by atoms with Crippen molar-refractivity contribution >= 4 is 16.9 Å². The molecule has 1 fully saturated rings. The van der Waals surface area contributed by atoms with Crippen LogP contribution in [0.1, 0.15) is 26.0 Å². The van der Waals surface area contributed by atoms with E-state index in [2.05, 4.69) is 9.97 Å². The fourth-order valence-electron chi connectivity index (χ4n) is 3.02. The van der Waals surface area contributed by atoms with E-state index in [4.69, 9.17) is 10.5 Å². The standard InChI is InChI=1S/C15H20N4O5/c1-2-3-8(21)12-10(22)11(23)15(24-12)19-5-4-7(20)9-13(16)17-6-18-14(9)19/h4-6,8,10-12,15,21-23H,2-3H2,1H3,(H2,16,17,18)/t8-,10+,11-,12-,15-/m1/s1. The third kappa shape index (κ3) is 2.65. The van der Waals surface area contributed by atoms with E-state index in [1.165, 1.54) is 23.2 Å². The summed E-state index contributed by atoms with van der Waals surface area (Å²) in [5, 5.41) is 30.8. The minimum atomic E-state index is -1.29. The number of rotatable bonds is 4. The van der Waals surface area contributed by atoms with Crippen molar-refractivity contribution in [1.29, 1.82) is 0 Å². The number of pyridine rings is 1. The number of nitrogen functional groups attached to an aromatic ring is 1. The Bertz CT molecular complexity index is 795. The molecule has 24 heavy (non-hydrogen) atoms. The molecule has 0 spiro atoms. The lowest BCUT2D eigenvalue weighted by Crippen LogP contribution is -2.38. The molecule has 1 aliphatic rings. The SMILES string of the molecule is CCC[C@@H](O)[C@H]1O[C@@H](n2ccc(=O)c3c(N)ncnc32)[C@H](O)[C@@H]1O. The van der Waals surface area contributed by atoms with Crippen LogP contribution in [0.3, 0.4) is 0 Å². The number of aliphatic hydroxyl groups excluding tert-OH is 3. The number of hydrogen-bond donors (Lipinski definition) is 4. The first kappa shape index (κ1) is 16.8. The first-order chi connectivity index (χ1) is 11.5. The van der Waals surface area contributed by atoms with Crippen molar-refractivity contribution in [2.45, 2.75) is 50.4 Å². The first-order valence-electron chi connectivity index (χ1n) is 7.76. The summed E-state index contributed by atoms with van der Waals surface area (Å²) in [5.41, 5.74) is 5.58. The number of hydrogen-bond acceptors (Lipinski definition) is 8. The van der Waals surface area contributed by atoms with Gasteiger partial charge >= 0.3 is 0 Å². The Hall–Kier alpha value is -2.07. The summed E-state index contributed by atoms with van der Waals surface area (Å²) in [6, 6.07) is 1.26. The highest BCUT2D eigenvalue weighted by Crippen LogP contribution is 2.33. The average molecular weight is 336 g/mol. The van der Waals surface area contributed by atoms with Gasteiger partial charge in [0.25, 0.3) is 0 Å². The molecule has 0 radical (unpaired) electrons. The molecule has 3 heterocycles. The van der Waals surface area contributed by atoms with Gasteiger partial charge < -0.3 is 30.4 Å². The second-order valence-electron chi connectivity index (χ2n) is 5.87. The quantitative estimate of drug-likeness (QED) is 0.565. The van der Waals surface area contributed by atoms with Crippen LogP contribution in [0.2, 0.25) is 0 Å². The minimum absolute atomic E-state index is 0.0231. The van der Waals surface area contributed by atoms with Crippen molar-refractivity contribution in [3.8, 4) is 0 Å². The average Bonchev–Trinajstić information content (AvgIpc) is 2.84. The summed E-state index contributed by atoms with van der Waals surface area (Å²) in [5.74, 6) is 0.0231. The maximum absolute atomic E-state index is 12.0. The summed E-state index contributed by atoms with van der Waals surface area (Å²) in [6.45, 7) is 1.90. The monoisotopic (exact) mass is 336 g/mol. The molecule has 0 aromatic carbocycles. The summed E-state index contributed by atoms with van der Waals surface area (Å²) in [7, 11) is 0. The van der Waals surface area contributed by atoms with E-state index in [-0.39, 0.29) is 22.3 Å². The van der Waals surface area contributed by atoms with E-state index in [1.54, 1.807) is 0 Å². The van der Waals surface area contributed by atoms with Gasteiger partial charge in [0.15, 0.2) is 17.3 Å². The highest BCUT2D eigenvalue weighted by molar-refractivity contribution is 5.84. The van der Waals surface area contributed by atoms with Crippen LogP contribution in [-0.2, 0) is 4.74 Å². The van der Waals surface area contributed by atoms with Gasteiger partial charge in [-0.05, 0) is 6.42 Å². The number of nitrogens with zero attached hydrogens (tertiary/aromatic N) is 3. The Labute approximate surface area is 137 Å². The van der Waals surface area contributed by atoms with Crippen molar-refractivity contribution in [3.63, 3.8) is 0 Å². The summed E-state index contributed by atoms with van der Waals surface area (Å²) in [6.07, 6.45) is -1.64. The smallest absolute Gasteiger partial charge is 0.194 e. The summed E-state index contributed by atoms with van der Waals surface area (Å²) < 4.78 is 7.10. The number of fused-ring (bicyclic) bond motifs is 1. The zero-order chi connectivity index (χ0) is 17.4. The zero-order valence-electron chi connectivity index (χ0n) is 13.1. The van der Waals surface area contributed by atoms with Crippen LogP contribution >= 0.6 is 0 Å². The molecule has 0 saturated carbocycles. The summed E-state index contributed by atoms with van der Waals surface area (Å²) >= 11 is 0. The molecule has 1 aliphatic heterocycles. The van der Waals surface area contributed by atoms with Crippen LogP contribution in [0, 0.1) is 0 Å². The lowest BCUT2D eigenvalue weighted by molar-refractivity contribution is -0.0854. The second-order valence-corrected chi connectivity index (χ2v) is 5.87. The van der Waals surface area contributed by atoms with E-state index in [0.717, 1.165) is 0 Å². The van der Waals surface area contributed by atoms with Crippen LogP contribution in [-0.4, -0.2) is 54.3 Å². The van der Waals surface area contributed by atoms with Gasteiger partial charge in [0.2, 0.25) is 0 Å². The molecule has 5 atom stereocenters. The zero-order valence-corrected chi connectivity index (χ0v) is 13.1. The number of aromatic nitrogens is 3. The molecule has 130 valence electrons. The van der Waals surface area contributed by atoms with Gasteiger partial charge in [-0.15, -0.1) is 0 Å². The number of anilines is 1. The number of aliphatic hydroxyl groups is 3. The molecule has 0 bridgehead atoms. The van der Waals surface area contributed by atoms with Gasteiger partial charge in [-0.2, -0.15) is 0 Å². The molecule has 3 rings (SSSR count). The molecule has 0 unspecified atom stereocenters. The van der Waals surface area contributed by atoms with Crippen LogP contribution in [0.4, 0.5) is 5.82 Å². The highest BCUT2D eigenvalue weighted by Gasteiger charge is 2.46. The van der Waals surface area contributed by atoms with E-state index in [1.807, 2.05) is 6.92 Å². The lowest BCUT2D eigenvalue weighted by atomic mass is 10.0. The first-order valence-corrected chi connectivity index (χ1v) is 7.76. The Balaban J connectivity index is 2.04. The van der Waals surface area contributed by atoms with Crippen LogP contribution in [0.5, 0.6) is 0 Å². The molecular weight excluding hydrogens is 316 g/mol. The van der Waals surface area contributed by atoms with Crippen LogP contribution in [0.15, 0.2) is 23.4 Å². The van der Waals surface area contributed by atoms with Crippen LogP contribution < -0.4 is 11.2 Å². The van der Waals surface area contributed by atoms with E-state index in [0.29, 0.717) is 12.8 Å².